The lowest BCUT2D eigenvalue weighted by Crippen LogP contribution is -2.32. The number of thioether (sulfide) groups is 1. The van der Waals surface area contributed by atoms with Crippen molar-refractivity contribution >= 4 is 17.7 Å². The Bertz CT molecular complexity index is 368. The fourth-order valence-corrected chi connectivity index (χ4v) is 1.91. The molecule has 1 rings (SSSR count). The summed E-state index contributed by atoms with van der Waals surface area (Å²) in [6.07, 6.45) is 2.00. The monoisotopic (exact) mass is 227 g/mol. The van der Waals surface area contributed by atoms with Crippen molar-refractivity contribution < 1.29 is 15.0 Å². The number of hydrogen-bond acceptors (Lipinski definition) is 4. The Morgan fingerprint density at radius 1 is 1.60 bits per heavy atom. The predicted molar refractivity (Wildman–Crippen MR) is 59.2 cm³/mol. The van der Waals surface area contributed by atoms with Crippen LogP contribution in [0, 0.1) is 0 Å². The molecule has 0 bridgehead atoms. The normalized spacial score (nSPS) is 12.4. The number of carbonyl (C=O) groups is 1. The summed E-state index contributed by atoms with van der Waals surface area (Å²) in [6.45, 7) is 0. The van der Waals surface area contributed by atoms with Crippen molar-refractivity contribution in [3.05, 3.63) is 23.8 Å². The maximum Gasteiger partial charge on any atom is 0.320 e. The van der Waals surface area contributed by atoms with E-state index in [1.165, 1.54) is 17.8 Å². The molecule has 1 unspecified atom stereocenters. The van der Waals surface area contributed by atoms with Gasteiger partial charge in [0.05, 0.1) is 0 Å². The highest BCUT2D eigenvalue weighted by Crippen LogP contribution is 2.28. The van der Waals surface area contributed by atoms with Gasteiger partial charge in [-0.1, -0.05) is 6.07 Å². The molecule has 0 aliphatic carbocycles. The van der Waals surface area contributed by atoms with E-state index in [0.717, 1.165) is 4.90 Å². The third kappa shape index (κ3) is 2.87. The Kier molecular flexibility index (Phi) is 3.99. The number of carboxylic acid groups (broad SMARTS) is 1. The van der Waals surface area contributed by atoms with E-state index in [2.05, 4.69) is 0 Å². The Morgan fingerprint density at radius 2 is 2.27 bits per heavy atom. The Morgan fingerprint density at radius 3 is 2.80 bits per heavy atom. The van der Waals surface area contributed by atoms with Gasteiger partial charge < -0.3 is 15.9 Å². The summed E-state index contributed by atoms with van der Waals surface area (Å²) < 4.78 is 0. The molecule has 4 nitrogen and oxygen atoms in total. The van der Waals surface area contributed by atoms with Crippen LogP contribution in [0.3, 0.4) is 0 Å². The number of hydrogen-bond donors (Lipinski definition) is 3. The van der Waals surface area contributed by atoms with Gasteiger partial charge in [-0.3, -0.25) is 4.79 Å². The van der Waals surface area contributed by atoms with Gasteiger partial charge in [0.1, 0.15) is 11.8 Å². The lowest BCUT2D eigenvalue weighted by atomic mass is 10.1. The first-order valence-electron chi connectivity index (χ1n) is 4.39. The topological polar surface area (TPSA) is 83.5 Å². The number of carboxylic acids is 1. The van der Waals surface area contributed by atoms with Crippen LogP contribution >= 0.6 is 11.8 Å². The van der Waals surface area contributed by atoms with E-state index in [-0.39, 0.29) is 12.2 Å². The molecule has 0 heterocycles. The molecule has 0 amide bonds. The van der Waals surface area contributed by atoms with E-state index in [1.54, 1.807) is 6.07 Å². The maximum absolute atomic E-state index is 10.6. The third-order valence-electron chi connectivity index (χ3n) is 2.07. The minimum Gasteiger partial charge on any atom is -0.508 e. The van der Waals surface area contributed by atoms with Crippen molar-refractivity contribution in [3.63, 3.8) is 0 Å². The summed E-state index contributed by atoms with van der Waals surface area (Å²) in [5, 5.41) is 18.3. The molecule has 0 saturated carbocycles. The fraction of sp³-hybridized carbons (Fsp3) is 0.300. The number of rotatable bonds is 4. The molecular weight excluding hydrogens is 214 g/mol. The predicted octanol–water partition coefficient (Wildman–Crippen LogP) is 1.07. The Balaban J connectivity index is 2.97. The van der Waals surface area contributed by atoms with Crippen molar-refractivity contribution in [2.45, 2.75) is 17.4 Å². The molecule has 82 valence electrons. The van der Waals surface area contributed by atoms with E-state index in [4.69, 9.17) is 10.8 Å². The first kappa shape index (κ1) is 11.9. The van der Waals surface area contributed by atoms with E-state index >= 15 is 0 Å². The second-order valence-electron chi connectivity index (χ2n) is 3.11. The molecule has 1 atom stereocenters. The van der Waals surface area contributed by atoms with Gasteiger partial charge in [0.15, 0.2) is 0 Å². The first-order chi connectivity index (χ1) is 7.06. The highest BCUT2D eigenvalue weighted by Gasteiger charge is 2.16. The van der Waals surface area contributed by atoms with Gasteiger partial charge in [-0.05, 0) is 18.4 Å². The van der Waals surface area contributed by atoms with Crippen LogP contribution in [0.2, 0.25) is 0 Å². The zero-order valence-corrected chi connectivity index (χ0v) is 9.12. The Labute approximate surface area is 92.1 Å². The maximum atomic E-state index is 10.6. The fourth-order valence-electron chi connectivity index (χ4n) is 1.26. The smallest absolute Gasteiger partial charge is 0.320 e. The van der Waals surface area contributed by atoms with Crippen LogP contribution in [-0.2, 0) is 11.2 Å². The second-order valence-corrected chi connectivity index (χ2v) is 3.95. The molecule has 0 spiro atoms. The molecule has 0 aliphatic heterocycles. The first-order valence-corrected chi connectivity index (χ1v) is 5.62. The number of aromatic hydroxyl groups is 1. The van der Waals surface area contributed by atoms with E-state index in [0.29, 0.717) is 5.56 Å². The number of phenols is 1. The van der Waals surface area contributed by atoms with Crippen LogP contribution in [0.4, 0.5) is 0 Å². The van der Waals surface area contributed by atoms with Crippen LogP contribution < -0.4 is 5.73 Å². The molecule has 0 aliphatic rings. The minimum atomic E-state index is -1.06. The standard InChI is InChI=1S/C10H13NO3S/c1-15-9-4-2-3-8(12)6(9)5-7(11)10(13)14/h2-4,7,12H,5,11H2,1H3,(H,13,14). The number of phenolic OH excluding ortho intramolecular Hbond substituents is 1. The SMILES string of the molecule is CSc1cccc(O)c1CC(N)C(=O)O. The van der Waals surface area contributed by atoms with Gasteiger partial charge in [0, 0.05) is 16.9 Å². The van der Waals surface area contributed by atoms with Crippen LogP contribution in [0.1, 0.15) is 5.56 Å². The van der Waals surface area contributed by atoms with Gasteiger partial charge >= 0.3 is 5.97 Å². The van der Waals surface area contributed by atoms with Crippen LogP contribution in [0.25, 0.3) is 0 Å². The molecule has 1 aromatic carbocycles. The summed E-state index contributed by atoms with van der Waals surface area (Å²) in [7, 11) is 0. The van der Waals surface area contributed by atoms with E-state index in [1.807, 2.05) is 12.3 Å². The molecule has 1 aromatic rings. The van der Waals surface area contributed by atoms with Gasteiger partial charge in [-0.25, -0.2) is 0 Å². The summed E-state index contributed by atoms with van der Waals surface area (Å²) in [5.74, 6) is -0.969. The van der Waals surface area contributed by atoms with Gasteiger partial charge in [0.25, 0.3) is 0 Å². The lowest BCUT2D eigenvalue weighted by Gasteiger charge is -2.11. The zero-order valence-electron chi connectivity index (χ0n) is 8.30. The number of benzene rings is 1. The van der Waals surface area contributed by atoms with Crippen molar-refractivity contribution in [2.24, 2.45) is 5.73 Å². The van der Waals surface area contributed by atoms with Gasteiger partial charge in [-0.15, -0.1) is 11.8 Å². The highest BCUT2D eigenvalue weighted by atomic mass is 32.2. The van der Waals surface area contributed by atoms with Crippen molar-refractivity contribution in [1.82, 2.24) is 0 Å². The molecular formula is C10H13NO3S. The summed E-state index contributed by atoms with van der Waals surface area (Å²) in [5.41, 5.74) is 6.02. The van der Waals surface area contributed by atoms with E-state index < -0.39 is 12.0 Å². The molecule has 0 aromatic heterocycles. The van der Waals surface area contributed by atoms with Crippen LogP contribution in [-0.4, -0.2) is 28.5 Å². The summed E-state index contributed by atoms with van der Waals surface area (Å²) in [6, 6.07) is 4.10. The van der Waals surface area contributed by atoms with Gasteiger partial charge in [0.2, 0.25) is 0 Å². The Hall–Kier alpha value is -1.20. The molecule has 0 fully saturated rings. The molecule has 15 heavy (non-hydrogen) atoms. The summed E-state index contributed by atoms with van der Waals surface area (Å²) >= 11 is 1.45. The average molecular weight is 227 g/mol. The number of nitrogens with two attached hydrogens (primary N) is 1. The van der Waals surface area contributed by atoms with Crippen molar-refractivity contribution in [1.29, 1.82) is 0 Å². The molecule has 5 heteroatoms. The zero-order chi connectivity index (χ0) is 11.4. The molecule has 0 radical (unpaired) electrons. The average Bonchev–Trinajstić information content (AvgIpc) is 2.20. The summed E-state index contributed by atoms with van der Waals surface area (Å²) in [4.78, 5) is 11.5. The van der Waals surface area contributed by atoms with Crippen LogP contribution in [0.5, 0.6) is 5.75 Å². The minimum absolute atomic E-state index is 0.0959. The molecule has 0 saturated heterocycles. The number of aliphatic carboxylic acids is 1. The van der Waals surface area contributed by atoms with Crippen molar-refractivity contribution in [3.8, 4) is 5.75 Å². The second kappa shape index (κ2) is 5.04. The molecule has 4 N–H and O–H groups in total. The largest absolute Gasteiger partial charge is 0.508 e. The van der Waals surface area contributed by atoms with Crippen molar-refractivity contribution in [2.75, 3.05) is 6.26 Å². The van der Waals surface area contributed by atoms with E-state index in [9.17, 15) is 9.90 Å². The lowest BCUT2D eigenvalue weighted by molar-refractivity contribution is -0.138. The van der Waals surface area contributed by atoms with Gasteiger partial charge in [-0.2, -0.15) is 0 Å². The highest BCUT2D eigenvalue weighted by molar-refractivity contribution is 7.98. The third-order valence-corrected chi connectivity index (χ3v) is 2.89. The van der Waals surface area contributed by atoms with Crippen LogP contribution in [0.15, 0.2) is 23.1 Å². The quantitative estimate of drug-likeness (QED) is 0.670.